The summed E-state index contributed by atoms with van der Waals surface area (Å²) in [6, 6.07) is 4.22. The lowest BCUT2D eigenvalue weighted by molar-refractivity contribution is -0.121. The van der Waals surface area contributed by atoms with Crippen LogP contribution in [0, 0.1) is 13.8 Å². The molecule has 4 nitrogen and oxygen atoms in total. The van der Waals surface area contributed by atoms with Gasteiger partial charge in [-0.1, -0.05) is 0 Å². The highest BCUT2D eigenvalue weighted by Crippen LogP contribution is 2.39. The molecule has 0 aromatic carbocycles. The van der Waals surface area contributed by atoms with E-state index >= 15 is 0 Å². The first-order chi connectivity index (χ1) is 10.5. The molecule has 0 spiro atoms. The molecule has 22 heavy (non-hydrogen) atoms. The van der Waals surface area contributed by atoms with Gasteiger partial charge in [0.2, 0.25) is 5.91 Å². The SMILES string of the molecule is Cc1cc(C)n(C[C@H](C)NC(=O)[C@@H]2SCCc3sccc32)n1. The number of aryl methyl sites for hydroxylation is 3. The summed E-state index contributed by atoms with van der Waals surface area (Å²) >= 11 is 3.51. The zero-order chi connectivity index (χ0) is 15.7. The molecule has 0 bridgehead atoms. The fraction of sp³-hybridized carbons (Fsp3) is 0.500. The van der Waals surface area contributed by atoms with Crippen LogP contribution in [-0.4, -0.2) is 27.5 Å². The van der Waals surface area contributed by atoms with E-state index in [9.17, 15) is 4.79 Å². The van der Waals surface area contributed by atoms with Gasteiger partial charge in [-0.2, -0.15) is 5.10 Å². The second-order valence-corrected chi connectivity index (χ2v) is 8.03. The van der Waals surface area contributed by atoms with E-state index in [0.717, 1.165) is 23.6 Å². The predicted molar refractivity (Wildman–Crippen MR) is 92.5 cm³/mol. The van der Waals surface area contributed by atoms with Crippen molar-refractivity contribution in [2.45, 2.75) is 45.0 Å². The molecule has 0 aliphatic carbocycles. The Bertz CT molecular complexity index is 677. The first kappa shape index (κ1) is 15.6. The lowest BCUT2D eigenvalue weighted by atomic mass is 10.1. The molecule has 2 aromatic heterocycles. The summed E-state index contributed by atoms with van der Waals surface area (Å²) in [5.41, 5.74) is 3.35. The Morgan fingerprint density at radius 1 is 1.55 bits per heavy atom. The molecular formula is C16H21N3OS2. The molecule has 2 aromatic rings. The van der Waals surface area contributed by atoms with Gasteiger partial charge in [-0.25, -0.2) is 0 Å². The Hall–Kier alpha value is -1.27. The Balaban J connectivity index is 1.64. The maximum absolute atomic E-state index is 12.6. The van der Waals surface area contributed by atoms with Gasteiger partial charge in [0.15, 0.2) is 0 Å². The Labute approximate surface area is 139 Å². The van der Waals surface area contributed by atoms with Crippen molar-refractivity contribution in [1.82, 2.24) is 15.1 Å². The molecule has 0 saturated heterocycles. The molecule has 1 aliphatic heterocycles. The van der Waals surface area contributed by atoms with Crippen molar-refractivity contribution >= 4 is 29.0 Å². The molecule has 0 radical (unpaired) electrons. The van der Waals surface area contributed by atoms with Gasteiger partial charge in [-0.15, -0.1) is 23.1 Å². The van der Waals surface area contributed by atoms with Crippen LogP contribution in [0.5, 0.6) is 0 Å². The summed E-state index contributed by atoms with van der Waals surface area (Å²) in [5.74, 6) is 1.15. The smallest absolute Gasteiger partial charge is 0.237 e. The minimum Gasteiger partial charge on any atom is -0.351 e. The van der Waals surface area contributed by atoms with E-state index in [2.05, 4.69) is 27.9 Å². The van der Waals surface area contributed by atoms with Crippen molar-refractivity contribution in [3.05, 3.63) is 39.3 Å². The largest absolute Gasteiger partial charge is 0.351 e. The van der Waals surface area contributed by atoms with Crippen molar-refractivity contribution in [1.29, 1.82) is 0 Å². The molecule has 1 amide bonds. The van der Waals surface area contributed by atoms with Crippen molar-refractivity contribution < 1.29 is 4.79 Å². The topological polar surface area (TPSA) is 46.9 Å². The average Bonchev–Trinajstić information content (AvgIpc) is 3.05. The van der Waals surface area contributed by atoms with Crippen LogP contribution in [0.3, 0.4) is 0 Å². The number of fused-ring (bicyclic) bond motifs is 1. The number of carbonyl (C=O) groups excluding carboxylic acids is 1. The normalized spacial score (nSPS) is 18.8. The van der Waals surface area contributed by atoms with E-state index in [0.29, 0.717) is 6.54 Å². The zero-order valence-electron chi connectivity index (χ0n) is 13.1. The van der Waals surface area contributed by atoms with Crippen LogP contribution in [0.2, 0.25) is 0 Å². The monoisotopic (exact) mass is 335 g/mol. The molecule has 2 atom stereocenters. The van der Waals surface area contributed by atoms with Gasteiger partial charge in [0.25, 0.3) is 0 Å². The van der Waals surface area contributed by atoms with Gasteiger partial charge in [0.1, 0.15) is 5.25 Å². The number of thioether (sulfide) groups is 1. The molecule has 3 heterocycles. The number of hydrogen-bond donors (Lipinski definition) is 1. The summed E-state index contributed by atoms with van der Waals surface area (Å²) in [4.78, 5) is 14.0. The first-order valence-electron chi connectivity index (χ1n) is 7.54. The highest BCUT2D eigenvalue weighted by atomic mass is 32.2. The molecule has 6 heteroatoms. The van der Waals surface area contributed by atoms with Crippen LogP contribution in [0.25, 0.3) is 0 Å². The molecular weight excluding hydrogens is 314 g/mol. The van der Waals surface area contributed by atoms with Crippen molar-refractivity contribution in [3.63, 3.8) is 0 Å². The molecule has 3 rings (SSSR count). The summed E-state index contributed by atoms with van der Waals surface area (Å²) in [5, 5.41) is 9.64. The number of carbonyl (C=O) groups is 1. The van der Waals surface area contributed by atoms with Crippen LogP contribution in [0.1, 0.15) is 34.0 Å². The van der Waals surface area contributed by atoms with Crippen LogP contribution in [-0.2, 0) is 17.8 Å². The molecule has 118 valence electrons. The quantitative estimate of drug-likeness (QED) is 0.934. The Morgan fingerprint density at radius 3 is 3.09 bits per heavy atom. The lowest BCUT2D eigenvalue weighted by Crippen LogP contribution is -2.39. The van der Waals surface area contributed by atoms with Gasteiger partial charge in [0.05, 0.1) is 12.2 Å². The van der Waals surface area contributed by atoms with Gasteiger partial charge in [-0.05, 0) is 56.0 Å². The molecule has 1 aliphatic rings. The minimum atomic E-state index is -0.0575. The number of aromatic nitrogens is 2. The third kappa shape index (κ3) is 3.22. The number of thiophene rings is 1. The van der Waals surface area contributed by atoms with E-state index in [1.807, 2.05) is 25.5 Å². The number of rotatable bonds is 4. The maximum atomic E-state index is 12.6. The third-order valence-corrected chi connectivity index (χ3v) is 6.09. The van der Waals surface area contributed by atoms with E-state index < -0.39 is 0 Å². The fourth-order valence-electron chi connectivity index (χ4n) is 2.85. The first-order valence-corrected chi connectivity index (χ1v) is 9.46. The highest BCUT2D eigenvalue weighted by molar-refractivity contribution is 8.00. The summed E-state index contributed by atoms with van der Waals surface area (Å²) in [7, 11) is 0. The number of nitrogens with one attached hydrogen (secondary N) is 1. The van der Waals surface area contributed by atoms with Crippen LogP contribution >= 0.6 is 23.1 Å². The number of amides is 1. The van der Waals surface area contributed by atoms with Crippen molar-refractivity contribution in [2.24, 2.45) is 0 Å². The van der Waals surface area contributed by atoms with Crippen molar-refractivity contribution in [2.75, 3.05) is 5.75 Å². The zero-order valence-corrected chi connectivity index (χ0v) is 14.8. The maximum Gasteiger partial charge on any atom is 0.237 e. The molecule has 0 fully saturated rings. The van der Waals surface area contributed by atoms with Gasteiger partial charge >= 0.3 is 0 Å². The molecule has 0 unspecified atom stereocenters. The molecule has 0 saturated carbocycles. The van der Waals surface area contributed by atoms with E-state index in [4.69, 9.17) is 0 Å². The molecule has 1 N–H and O–H groups in total. The van der Waals surface area contributed by atoms with E-state index in [-0.39, 0.29) is 17.2 Å². The van der Waals surface area contributed by atoms with E-state index in [1.165, 1.54) is 10.4 Å². The van der Waals surface area contributed by atoms with Crippen LogP contribution in [0.4, 0.5) is 0 Å². The predicted octanol–water partition coefficient (Wildman–Crippen LogP) is 3.10. The second kappa shape index (κ2) is 6.46. The average molecular weight is 335 g/mol. The van der Waals surface area contributed by atoms with Gasteiger partial charge in [-0.3, -0.25) is 9.48 Å². The van der Waals surface area contributed by atoms with Gasteiger partial charge < -0.3 is 5.32 Å². The summed E-state index contributed by atoms with van der Waals surface area (Å²) in [6.07, 6.45) is 1.09. The van der Waals surface area contributed by atoms with Crippen LogP contribution in [0.15, 0.2) is 17.5 Å². The number of nitrogens with zero attached hydrogens (tertiary/aromatic N) is 2. The number of hydrogen-bond acceptors (Lipinski definition) is 4. The second-order valence-electron chi connectivity index (χ2n) is 5.82. The Kier molecular flexibility index (Phi) is 4.59. The van der Waals surface area contributed by atoms with Gasteiger partial charge in [0, 0.05) is 16.6 Å². The summed E-state index contributed by atoms with van der Waals surface area (Å²) in [6.45, 7) is 6.78. The Morgan fingerprint density at radius 2 is 2.36 bits per heavy atom. The summed E-state index contributed by atoms with van der Waals surface area (Å²) < 4.78 is 1.96. The highest BCUT2D eigenvalue weighted by Gasteiger charge is 2.28. The minimum absolute atomic E-state index is 0.0575. The van der Waals surface area contributed by atoms with E-state index in [1.54, 1.807) is 23.1 Å². The fourth-order valence-corrected chi connectivity index (χ4v) is 5.15. The third-order valence-electron chi connectivity index (χ3n) is 3.85. The van der Waals surface area contributed by atoms with Crippen LogP contribution < -0.4 is 5.32 Å². The standard InChI is InChI=1S/C16H21N3OS2/c1-10-8-12(3)19(18-10)9-11(2)17-16(20)15-13-4-6-21-14(13)5-7-22-15/h4,6,8,11,15H,5,7,9H2,1-3H3,(H,17,20)/t11-,15+/m0/s1. The van der Waals surface area contributed by atoms with Crippen molar-refractivity contribution in [3.8, 4) is 0 Å². The lowest BCUT2D eigenvalue weighted by Gasteiger charge is -2.23.